The number of hydrogen-bond donors (Lipinski definition) is 2. The summed E-state index contributed by atoms with van der Waals surface area (Å²) in [6, 6.07) is 7.60. The van der Waals surface area contributed by atoms with E-state index >= 15 is 0 Å². The van der Waals surface area contributed by atoms with Gasteiger partial charge in [-0.1, -0.05) is 17.7 Å². The molecule has 3 rings (SSSR count). The number of nitrogens with one attached hydrogen (secondary N) is 2. The van der Waals surface area contributed by atoms with Crippen LogP contribution in [0.3, 0.4) is 0 Å². The second-order valence-electron chi connectivity index (χ2n) is 5.66. The lowest BCUT2D eigenvalue weighted by molar-refractivity contribution is -0.137. The number of anilines is 1. The number of benzene rings is 2. The quantitative estimate of drug-likeness (QED) is 0.771. The largest absolute Gasteiger partial charge is 0.417 e. The van der Waals surface area contributed by atoms with Gasteiger partial charge in [0.05, 0.1) is 15.5 Å². The highest BCUT2D eigenvalue weighted by molar-refractivity contribution is 7.92. The van der Waals surface area contributed by atoms with Crippen molar-refractivity contribution < 1.29 is 21.6 Å². The number of halogens is 5. The Labute approximate surface area is 160 Å². The molecule has 0 atom stereocenters. The minimum atomic E-state index is -4.67. The molecule has 1 aliphatic rings. The van der Waals surface area contributed by atoms with Crippen molar-refractivity contribution in [2.75, 3.05) is 11.3 Å². The molecule has 4 nitrogen and oxygen atoms in total. The van der Waals surface area contributed by atoms with Crippen LogP contribution in [0.5, 0.6) is 0 Å². The van der Waals surface area contributed by atoms with E-state index in [1.807, 2.05) is 0 Å². The molecule has 0 radical (unpaired) electrons. The number of fused-ring (bicyclic) bond motifs is 1. The molecule has 0 aromatic heterocycles. The van der Waals surface area contributed by atoms with E-state index in [1.165, 1.54) is 18.2 Å². The fraction of sp³-hybridized carbons (Fsp3) is 0.250. The van der Waals surface area contributed by atoms with Gasteiger partial charge in [0.15, 0.2) is 0 Å². The van der Waals surface area contributed by atoms with Crippen molar-refractivity contribution >= 4 is 39.7 Å². The third-order valence-electron chi connectivity index (χ3n) is 3.90. The van der Waals surface area contributed by atoms with Gasteiger partial charge in [0.1, 0.15) is 0 Å². The second kappa shape index (κ2) is 7.64. The van der Waals surface area contributed by atoms with Crippen LogP contribution < -0.4 is 10.0 Å². The van der Waals surface area contributed by atoms with Crippen LogP contribution in [0.2, 0.25) is 5.02 Å². The van der Waals surface area contributed by atoms with Crippen molar-refractivity contribution in [3.05, 3.63) is 58.1 Å². The number of rotatable bonds is 3. The predicted molar refractivity (Wildman–Crippen MR) is 96.4 cm³/mol. The van der Waals surface area contributed by atoms with E-state index in [4.69, 9.17) is 11.6 Å². The fourth-order valence-corrected chi connectivity index (χ4v) is 3.97. The van der Waals surface area contributed by atoms with Crippen LogP contribution in [-0.4, -0.2) is 15.0 Å². The van der Waals surface area contributed by atoms with Gasteiger partial charge in [-0.3, -0.25) is 4.72 Å². The summed E-state index contributed by atoms with van der Waals surface area (Å²) in [5.41, 5.74) is 0.626. The molecule has 2 aromatic rings. The summed E-state index contributed by atoms with van der Waals surface area (Å²) in [4.78, 5) is -0.00143. The SMILES string of the molecule is Cl.O=S(=O)(Nc1ccc(Cl)c(C(F)(F)F)c1)c1ccc2c(c1)CNCC2. The van der Waals surface area contributed by atoms with Crippen molar-refractivity contribution in [2.45, 2.75) is 24.0 Å². The van der Waals surface area contributed by atoms with E-state index in [0.29, 0.717) is 12.6 Å². The molecule has 0 amide bonds. The van der Waals surface area contributed by atoms with E-state index in [-0.39, 0.29) is 23.0 Å². The van der Waals surface area contributed by atoms with Gasteiger partial charge in [0.25, 0.3) is 10.0 Å². The first kappa shape index (κ1) is 20.8. The zero-order valence-electron chi connectivity index (χ0n) is 13.2. The van der Waals surface area contributed by atoms with E-state index in [1.54, 1.807) is 6.07 Å². The van der Waals surface area contributed by atoms with Crippen LogP contribution in [0, 0.1) is 0 Å². The fourth-order valence-electron chi connectivity index (χ4n) is 2.64. The molecule has 2 N–H and O–H groups in total. The zero-order chi connectivity index (χ0) is 18.2. The van der Waals surface area contributed by atoms with Crippen LogP contribution in [0.15, 0.2) is 41.3 Å². The van der Waals surface area contributed by atoms with Crippen LogP contribution in [0.1, 0.15) is 16.7 Å². The Morgan fingerprint density at radius 1 is 1.08 bits per heavy atom. The monoisotopic (exact) mass is 426 g/mol. The molecule has 142 valence electrons. The Morgan fingerprint density at radius 2 is 1.81 bits per heavy atom. The average Bonchev–Trinajstić information content (AvgIpc) is 2.55. The first-order valence-corrected chi connectivity index (χ1v) is 9.25. The predicted octanol–water partition coefficient (Wildman–Crippen LogP) is 4.23. The lowest BCUT2D eigenvalue weighted by Crippen LogP contribution is -2.24. The van der Waals surface area contributed by atoms with Crippen LogP contribution in [-0.2, 0) is 29.2 Å². The lowest BCUT2D eigenvalue weighted by atomic mass is 10.0. The molecular weight excluding hydrogens is 412 g/mol. The third-order valence-corrected chi connectivity index (χ3v) is 5.61. The molecule has 26 heavy (non-hydrogen) atoms. The maximum Gasteiger partial charge on any atom is 0.417 e. The minimum absolute atomic E-state index is 0. The minimum Gasteiger partial charge on any atom is -0.312 e. The van der Waals surface area contributed by atoms with Gasteiger partial charge in [-0.2, -0.15) is 13.2 Å². The molecule has 10 heteroatoms. The molecule has 0 aliphatic carbocycles. The van der Waals surface area contributed by atoms with Crippen LogP contribution in [0.25, 0.3) is 0 Å². The standard InChI is InChI=1S/C16H14ClF3N2O2S.ClH/c17-15-4-2-12(8-14(15)16(18,19)20)22-25(23,24)13-3-1-10-5-6-21-9-11(10)7-13;/h1-4,7-8,21-22H,5-6,9H2;1H. The summed E-state index contributed by atoms with van der Waals surface area (Å²) in [6.07, 6.45) is -3.87. The molecule has 0 unspecified atom stereocenters. The third kappa shape index (κ3) is 4.43. The van der Waals surface area contributed by atoms with E-state index in [9.17, 15) is 21.6 Å². The number of hydrogen-bond acceptors (Lipinski definition) is 3. The van der Waals surface area contributed by atoms with Crippen molar-refractivity contribution in [2.24, 2.45) is 0 Å². The number of sulfonamides is 1. The molecule has 1 heterocycles. The first-order chi connectivity index (χ1) is 11.7. The van der Waals surface area contributed by atoms with Gasteiger partial charge in [-0.15, -0.1) is 12.4 Å². The van der Waals surface area contributed by atoms with Gasteiger partial charge in [-0.05, 0) is 54.4 Å². The zero-order valence-corrected chi connectivity index (χ0v) is 15.6. The van der Waals surface area contributed by atoms with Gasteiger partial charge < -0.3 is 5.32 Å². The maximum absolute atomic E-state index is 12.9. The molecular formula is C16H15Cl2F3N2O2S. The Morgan fingerprint density at radius 3 is 2.50 bits per heavy atom. The van der Waals surface area contributed by atoms with Gasteiger partial charge in [0.2, 0.25) is 0 Å². The second-order valence-corrected chi connectivity index (χ2v) is 7.74. The Hall–Kier alpha value is -1.48. The summed E-state index contributed by atoms with van der Waals surface area (Å²) in [6.45, 7) is 1.38. The van der Waals surface area contributed by atoms with Crippen LogP contribution >= 0.6 is 24.0 Å². The highest BCUT2D eigenvalue weighted by Gasteiger charge is 2.33. The summed E-state index contributed by atoms with van der Waals surface area (Å²) in [5, 5.41) is 2.65. The summed E-state index contributed by atoms with van der Waals surface area (Å²) < 4.78 is 65.9. The maximum atomic E-state index is 12.9. The molecule has 2 aromatic carbocycles. The Bertz CT molecular complexity index is 918. The van der Waals surface area contributed by atoms with Crippen molar-refractivity contribution in [1.29, 1.82) is 0 Å². The smallest absolute Gasteiger partial charge is 0.312 e. The average molecular weight is 427 g/mol. The molecule has 0 bridgehead atoms. The molecule has 0 fully saturated rings. The van der Waals surface area contributed by atoms with Crippen molar-refractivity contribution in [3.8, 4) is 0 Å². The van der Waals surface area contributed by atoms with Crippen LogP contribution in [0.4, 0.5) is 18.9 Å². The summed E-state index contributed by atoms with van der Waals surface area (Å²) in [7, 11) is -4.01. The van der Waals surface area contributed by atoms with Gasteiger partial charge >= 0.3 is 6.18 Å². The molecule has 0 saturated carbocycles. The first-order valence-electron chi connectivity index (χ1n) is 7.39. The Balaban J connectivity index is 0.00000243. The van der Waals surface area contributed by atoms with Crippen molar-refractivity contribution in [1.82, 2.24) is 5.32 Å². The topological polar surface area (TPSA) is 58.2 Å². The summed E-state index contributed by atoms with van der Waals surface area (Å²) in [5.74, 6) is 0. The van der Waals surface area contributed by atoms with E-state index in [2.05, 4.69) is 10.0 Å². The Kier molecular flexibility index (Phi) is 6.12. The van der Waals surface area contributed by atoms with E-state index in [0.717, 1.165) is 30.2 Å². The molecule has 0 spiro atoms. The molecule has 1 aliphatic heterocycles. The molecule has 0 saturated heterocycles. The normalized spacial score (nSPS) is 14.3. The summed E-state index contributed by atoms with van der Waals surface area (Å²) >= 11 is 5.54. The highest BCUT2D eigenvalue weighted by Crippen LogP contribution is 2.36. The van der Waals surface area contributed by atoms with E-state index < -0.39 is 26.8 Å². The van der Waals surface area contributed by atoms with Gasteiger partial charge in [-0.25, -0.2) is 8.42 Å². The van der Waals surface area contributed by atoms with Crippen molar-refractivity contribution in [3.63, 3.8) is 0 Å². The number of alkyl halides is 3. The lowest BCUT2D eigenvalue weighted by Gasteiger charge is -2.18. The highest BCUT2D eigenvalue weighted by atomic mass is 35.5. The van der Waals surface area contributed by atoms with Gasteiger partial charge in [0, 0.05) is 12.2 Å².